The molecule has 0 aromatic carbocycles. The van der Waals surface area contributed by atoms with Gasteiger partial charge in [-0.2, -0.15) is 0 Å². The summed E-state index contributed by atoms with van der Waals surface area (Å²) in [6.45, 7) is 2.26. The van der Waals surface area contributed by atoms with Crippen LogP contribution in [0, 0.1) is 5.92 Å². The quantitative estimate of drug-likeness (QED) is 0.805. The summed E-state index contributed by atoms with van der Waals surface area (Å²) in [6, 6.07) is 3.68. The molecule has 0 saturated heterocycles. The molecular formula is C15H21NO3S. The summed E-state index contributed by atoms with van der Waals surface area (Å²) in [5.41, 5.74) is 0. The van der Waals surface area contributed by atoms with Crippen molar-refractivity contribution in [2.24, 2.45) is 5.92 Å². The van der Waals surface area contributed by atoms with Crippen molar-refractivity contribution >= 4 is 23.2 Å². The van der Waals surface area contributed by atoms with Gasteiger partial charge in [-0.15, -0.1) is 11.3 Å². The lowest BCUT2D eigenvalue weighted by Crippen LogP contribution is -2.38. The summed E-state index contributed by atoms with van der Waals surface area (Å²) in [6.07, 6.45) is 4.50. The summed E-state index contributed by atoms with van der Waals surface area (Å²) < 4.78 is 4.66. The van der Waals surface area contributed by atoms with Crippen molar-refractivity contribution in [3.05, 3.63) is 21.9 Å². The van der Waals surface area contributed by atoms with E-state index in [0.29, 0.717) is 15.8 Å². The summed E-state index contributed by atoms with van der Waals surface area (Å²) in [7, 11) is 3.21. The van der Waals surface area contributed by atoms with E-state index in [2.05, 4.69) is 11.7 Å². The third-order valence-electron chi connectivity index (χ3n) is 4.06. The van der Waals surface area contributed by atoms with E-state index in [1.807, 2.05) is 11.9 Å². The van der Waals surface area contributed by atoms with E-state index in [-0.39, 0.29) is 11.9 Å². The smallest absolute Gasteiger partial charge is 0.348 e. The van der Waals surface area contributed by atoms with E-state index in [4.69, 9.17) is 0 Å². The van der Waals surface area contributed by atoms with Crippen molar-refractivity contribution in [2.45, 2.75) is 38.6 Å². The van der Waals surface area contributed by atoms with Crippen molar-refractivity contribution in [1.82, 2.24) is 4.90 Å². The molecule has 1 aromatic heterocycles. The van der Waals surface area contributed by atoms with Gasteiger partial charge < -0.3 is 9.64 Å². The van der Waals surface area contributed by atoms with Gasteiger partial charge in [-0.1, -0.05) is 6.92 Å². The van der Waals surface area contributed by atoms with Crippen LogP contribution in [0.1, 0.15) is 52.0 Å². The minimum Gasteiger partial charge on any atom is -0.465 e. The second-order valence-corrected chi connectivity index (χ2v) is 6.57. The average Bonchev–Trinajstić information content (AvgIpc) is 2.95. The highest BCUT2D eigenvalue weighted by Crippen LogP contribution is 2.28. The molecule has 1 saturated carbocycles. The zero-order chi connectivity index (χ0) is 14.7. The van der Waals surface area contributed by atoms with Gasteiger partial charge in [0, 0.05) is 13.1 Å². The first-order valence-corrected chi connectivity index (χ1v) is 7.80. The second-order valence-electron chi connectivity index (χ2n) is 5.49. The predicted molar refractivity (Wildman–Crippen MR) is 79.2 cm³/mol. The van der Waals surface area contributed by atoms with E-state index in [9.17, 15) is 9.59 Å². The van der Waals surface area contributed by atoms with Gasteiger partial charge in [-0.3, -0.25) is 4.79 Å². The first-order valence-electron chi connectivity index (χ1n) is 6.98. The molecule has 1 heterocycles. The summed E-state index contributed by atoms with van der Waals surface area (Å²) in [5.74, 6) is 0.385. The molecule has 0 unspecified atom stereocenters. The monoisotopic (exact) mass is 295 g/mol. The van der Waals surface area contributed by atoms with Gasteiger partial charge in [-0.05, 0) is 43.7 Å². The maximum Gasteiger partial charge on any atom is 0.348 e. The van der Waals surface area contributed by atoms with E-state index >= 15 is 0 Å². The van der Waals surface area contributed by atoms with Crippen LogP contribution in [0.25, 0.3) is 0 Å². The molecule has 0 radical (unpaired) electrons. The van der Waals surface area contributed by atoms with Crippen molar-refractivity contribution < 1.29 is 14.3 Å². The highest BCUT2D eigenvalue weighted by Gasteiger charge is 2.26. The van der Waals surface area contributed by atoms with Crippen molar-refractivity contribution in [3.63, 3.8) is 0 Å². The molecule has 1 aliphatic rings. The van der Waals surface area contributed by atoms with Gasteiger partial charge >= 0.3 is 5.97 Å². The predicted octanol–water partition coefficient (Wildman–Crippen LogP) is 3.19. The van der Waals surface area contributed by atoms with Crippen molar-refractivity contribution in [1.29, 1.82) is 0 Å². The fourth-order valence-corrected chi connectivity index (χ4v) is 3.54. The number of thiophene rings is 1. The lowest BCUT2D eigenvalue weighted by atomic mass is 9.87. The van der Waals surface area contributed by atoms with Crippen LogP contribution in [0.2, 0.25) is 0 Å². The number of esters is 1. The molecule has 1 fully saturated rings. The number of carbonyl (C=O) groups excluding carboxylic acids is 2. The number of carbonyl (C=O) groups is 2. The summed E-state index contributed by atoms with van der Waals surface area (Å²) in [5, 5.41) is 0. The number of amides is 1. The van der Waals surface area contributed by atoms with Gasteiger partial charge in [-0.25, -0.2) is 4.79 Å². The Morgan fingerprint density at radius 3 is 2.40 bits per heavy atom. The van der Waals surface area contributed by atoms with E-state index < -0.39 is 0 Å². The maximum absolute atomic E-state index is 12.4. The first kappa shape index (κ1) is 15.0. The Bertz CT molecular complexity index is 489. The molecule has 0 spiro atoms. The fraction of sp³-hybridized carbons (Fsp3) is 0.600. The zero-order valence-electron chi connectivity index (χ0n) is 12.2. The number of rotatable bonds is 3. The average molecular weight is 295 g/mol. The molecule has 1 aromatic rings. The lowest BCUT2D eigenvalue weighted by Gasteiger charge is -2.33. The minimum atomic E-state index is -0.386. The number of hydrogen-bond acceptors (Lipinski definition) is 4. The normalized spacial score (nSPS) is 22.4. The van der Waals surface area contributed by atoms with E-state index in [1.165, 1.54) is 31.3 Å². The Labute approximate surface area is 123 Å². The molecule has 1 amide bonds. The number of methoxy groups -OCH3 is 1. The van der Waals surface area contributed by atoms with Gasteiger partial charge in [0.05, 0.1) is 12.0 Å². The molecule has 2 rings (SSSR count). The third kappa shape index (κ3) is 3.20. The van der Waals surface area contributed by atoms with Gasteiger partial charge in [0.25, 0.3) is 5.91 Å². The second kappa shape index (κ2) is 6.39. The number of nitrogens with zero attached hydrogens (tertiary/aromatic N) is 1. The van der Waals surface area contributed by atoms with Crippen molar-refractivity contribution in [3.8, 4) is 0 Å². The van der Waals surface area contributed by atoms with E-state index in [1.54, 1.807) is 12.1 Å². The SMILES string of the molecule is COC(=O)c1ccc(C(=O)N(C)C2CCC(C)CC2)s1. The van der Waals surface area contributed by atoms with Crippen LogP contribution in [0.4, 0.5) is 0 Å². The molecule has 20 heavy (non-hydrogen) atoms. The zero-order valence-corrected chi connectivity index (χ0v) is 13.0. The Morgan fingerprint density at radius 1 is 1.20 bits per heavy atom. The Hall–Kier alpha value is -1.36. The molecule has 1 aliphatic carbocycles. The Balaban J connectivity index is 2.03. The van der Waals surface area contributed by atoms with Crippen LogP contribution in [0.15, 0.2) is 12.1 Å². The van der Waals surface area contributed by atoms with Crippen LogP contribution >= 0.6 is 11.3 Å². The molecule has 5 heteroatoms. The molecule has 0 aliphatic heterocycles. The lowest BCUT2D eigenvalue weighted by molar-refractivity contribution is 0.0606. The highest BCUT2D eigenvalue weighted by atomic mass is 32.1. The van der Waals surface area contributed by atoms with Gasteiger partial charge in [0.2, 0.25) is 0 Å². The maximum atomic E-state index is 12.4. The largest absolute Gasteiger partial charge is 0.465 e. The van der Waals surface area contributed by atoms with E-state index in [0.717, 1.165) is 18.8 Å². The molecule has 4 nitrogen and oxygen atoms in total. The van der Waals surface area contributed by atoms with Crippen LogP contribution in [0.3, 0.4) is 0 Å². The summed E-state index contributed by atoms with van der Waals surface area (Å²) in [4.78, 5) is 26.8. The molecule has 0 bridgehead atoms. The van der Waals surface area contributed by atoms with Gasteiger partial charge in [0.1, 0.15) is 4.88 Å². The Morgan fingerprint density at radius 2 is 1.80 bits per heavy atom. The van der Waals surface area contributed by atoms with Crippen LogP contribution in [0.5, 0.6) is 0 Å². The summed E-state index contributed by atoms with van der Waals surface area (Å²) >= 11 is 1.20. The Kier molecular flexibility index (Phi) is 4.81. The number of ether oxygens (including phenoxy) is 1. The van der Waals surface area contributed by atoms with Crippen LogP contribution in [-0.4, -0.2) is 37.0 Å². The standard InChI is InChI=1S/C15H21NO3S/c1-10-4-6-11(7-5-10)16(2)14(17)12-8-9-13(20-12)15(18)19-3/h8-11H,4-7H2,1-3H3. The van der Waals surface area contributed by atoms with Crippen LogP contribution in [-0.2, 0) is 4.74 Å². The highest BCUT2D eigenvalue weighted by molar-refractivity contribution is 7.15. The minimum absolute atomic E-state index is 0.00436. The fourth-order valence-electron chi connectivity index (χ4n) is 2.63. The third-order valence-corrected chi connectivity index (χ3v) is 5.11. The molecule has 0 N–H and O–H groups in total. The first-order chi connectivity index (χ1) is 9.52. The van der Waals surface area contributed by atoms with Crippen LogP contribution < -0.4 is 0 Å². The number of hydrogen-bond donors (Lipinski definition) is 0. The molecule has 110 valence electrons. The topological polar surface area (TPSA) is 46.6 Å². The van der Waals surface area contributed by atoms with Gasteiger partial charge in [0.15, 0.2) is 0 Å². The molecule has 0 atom stereocenters. The molecular weight excluding hydrogens is 274 g/mol. The van der Waals surface area contributed by atoms with Crippen molar-refractivity contribution in [2.75, 3.05) is 14.2 Å².